The third kappa shape index (κ3) is 4.12. The van der Waals surface area contributed by atoms with Gasteiger partial charge in [0.25, 0.3) is 5.89 Å². The van der Waals surface area contributed by atoms with Crippen LogP contribution in [0.25, 0.3) is 10.8 Å². The highest BCUT2D eigenvalue weighted by atomic mass is 79.9. The zero-order chi connectivity index (χ0) is 13.7. The number of aryl methyl sites for hydroxylation is 2. The molecular weight excluding hydrogens is 326 g/mol. The van der Waals surface area contributed by atoms with Gasteiger partial charge < -0.3 is 9.73 Å². The highest BCUT2D eigenvalue weighted by molar-refractivity contribution is 9.11. The van der Waals surface area contributed by atoms with E-state index in [9.17, 15) is 0 Å². The highest BCUT2D eigenvalue weighted by Gasteiger charge is 2.12. The standard InChI is InChI=1S/C13H18BrN3OS/c1-3-6-15-7-4-5-11-16-17-13(18-11)10-8-9(2)12(14)19-10/h8,15H,3-7H2,1-2H3. The Hall–Kier alpha value is -0.720. The van der Waals surface area contributed by atoms with Gasteiger partial charge in [0.15, 0.2) is 0 Å². The van der Waals surface area contributed by atoms with Gasteiger partial charge in [-0.15, -0.1) is 21.5 Å². The normalized spacial score (nSPS) is 11.1. The SMILES string of the molecule is CCCNCCCc1nnc(-c2cc(C)c(Br)s2)o1. The van der Waals surface area contributed by atoms with Crippen molar-refractivity contribution in [3.8, 4) is 10.8 Å². The summed E-state index contributed by atoms with van der Waals surface area (Å²) in [5, 5.41) is 11.6. The number of aromatic nitrogens is 2. The lowest BCUT2D eigenvalue weighted by Gasteiger charge is -1.99. The summed E-state index contributed by atoms with van der Waals surface area (Å²) in [6.07, 6.45) is 3.02. The van der Waals surface area contributed by atoms with Gasteiger partial charge in [-0.3, -0.25) is 0 Å². The molecule has 19 heavy (non-hydrogen) atoms. The molecule has 2 aromatic heterocycles. The summed E-state index contributed by atoms with van der Waals surface area (Å²) in [5.74, 6) is 1.34. The van der Waals surface area contributed by atoms with Crippen molar-refractivity contribution in [2.45, 2.75) is 33.1 Å². The molecule has 2 rings (SSSR count). The van der Waals surface area contributed by atoms with Crippen molar-refractivity contribution in [3.63, 3.8) is 0 Å². The highest BCUT2D eigenvalue weighted by Crippen LogP contribution is 2.33. The van der Waals surface area contributed by atoms with Gasteiger partial charge in [-0.05, 0) is 60.4 Å². The van der Waals surface area contributed by atoms with Crippen molar-refractivity contribution in [3.05, 3.63) is 21.3 Å². The molecule has 0 aliphatic rings. The molecular formula is C13H18BrN3OS. The van der Waals surface area contributed by atoms with Crippen LogP contribution in [0.4, 0.5) is 0 Å². The number of hydrogen-bond acceptors (Lipinski definition) is 5. The molecule has 104 valence electrons. The lowest BCUT2D eigenvalue weighted by Crippen LogP contribution is -2.16. The molecule has 0 unspecified atom stereocenters. The maximum atomic E-state index is 5.68. The summed E-state index contributed by atoms with van der Waals surface area (Å²) in [6.45, 7) is 6.28. The first kappa shape index (κ1) is 14.7. The Balaban J connectivity index is 1.88. The summed E-state index contributed by atoms with van der Waals surface area (Å²) in [5.41, 5.74) is 1.20. The van der Waals surface area contributed by atoms with E-state index in [1.165, 1.54) is 5.56 Å². The summed E-state index contributed by atoms with van der Waals surface area (Å²) in [4.78, 5) is 1.02. The molecule has 4 nitrogen and oxygen atoms in total. The number of nitrogens with one attached hydrogen (secondary N) is 1. The molecule has 0 atom stereocenters. The average molecular weight is 344 g/mol. The summed E-state index contributed by atoms with van der Waals surface area (Å²) >= 11 is 5.13. The Morgan fingerprint density at radius 1 is 1.37 bits per heavy atom. The first-order chi connectivity index (χ1) is 9.20. The smallest absolute Gasteiger partial charge is 0.257 e. The third-order valence-electron chi connectivity index (χ3n) is 2.71. The van der Waals surface area contributed by atoms with E-state index in [0.717, 1.165) is 46.9 Å². The second-order valence-electron chi connectivity index (χ2n) is 4.42. The molecule has 0 fully saturated rings. The Labute approximate surface area is 125 Å². The van der Waals surface area contributed by atoms with Crippen molar-refractivity contribution < 1.29 is 4.42 Å². The minimum absolute atomic E-state index is 0.621. The van der Waals surface area contributed by atoms with E-state index in [0.29, 0.717) is 5.89 Å². The van der Waals surface area contributed by atoms with Crippen LogP contribution >= 0.6 is 27.3 Å². The number of rotatable bonds is 7. The Kier molecular flexibility index (Phi) is 5.54. The first-order valence-corrected chi connectivity index (χ1v) is 8.11. The second-order valence-corrected chi connectivity index (χ2v) is 6.79. The zero-order valence-electron chi connectivity index (χ0n) is 11.2. The first-order valence-electron chi connectivity index (χ1n) is 6.50. The summed E-state index contributed by atoms with van der Waals surface area (Å²) < 4.78 is 6.80. The van der Waals surface area contributed by atoms with Crippen molar-refractivity contribution in [2.75, 3.05) is 13.1 Å². The van der Waals surface area contributed by atoms with Gasteiger partial charge in [0.1, 0.15) is 0 Å². The molecule has 0 saturated carbocycles. The van der Waals surface area contributed by atoms with E-state index in [1.807, 2.05) is 0 Å². The van der Waals surface area contributed by atoms with Gasteiger partial charge in [-0.1, -0.05) is 6.92 Å². The predicted octanol–water partition coefficient (Wildman–Crippen LogP) is 3.80. The Bertz CT molecular complexity index is 504. The van der Waals surface area contributed by atoms with Gasteiger partial charge in [0.05, 0.1) is 8.66 Å². The molecule has 6 heteroatoms. The van der Waals surface area contributed by atoms with Crippen LogP contribution in [0.1, 0.15) is 31.2 Å². The molecule has 0 spiro atoms. The van der Waals surface area contributed by atoms with E-state index in [-0.39, 0.29) is 0 Å². The Morgan fingerprint density at radius 3 is 2.89 bits per heavy atom. The van der Waals surface area contributed by atoms with E-state index >= 15 is 0 Å². The minimum atomic E-state index is 0.621. The molecule has 0 aliphatic carbocycles. The quantitative estimate of drug-likeness (QED) is 0.776. The fraction of sp³-hybridized carbons (Fsp3) is 0.538. The van der Waals surface area contributed by atoms with E-state index in [4.69, 9.17) is 4.42 Å². The molecule has 2 heterocycles. The molecule has 0 aliphatic heterocycles. The summed E-state index contributed by atoms with van der Waals surface area (Å²) in [6, 6.07) is 2.06. The molecule has 0 bridgehead atoms. The lowest BCUT2D eigenvalue weighted by atomic mass is 10.3. The maximum absolute atomic E-state index is 5.68. The molecule has 0 radical (unpaired) electrons. The number of halogens is 1. The lowest BCUT2D eigenvalue weighted by molar-refractivity contribution is 0.492. The summed E-state index contributed by atoms with van der Waals surface area (Å²) in [7, 11) is 0. The van der Waals surface area contributed by atoms with Crippen LogP contribution in [-0.2, 0) is 6.42 Å². The topological polar surface area (TPSA) is 51.0 Å². The Morgan fingerprint density at radius 2 is 2.21 bits per heavy atom. The molecule has 0 amide bonds. The van der Waals surface area contributed by atoms with Crippen LogP contribution in [-0.4, -0.2) is 23.3 Å². The molecule has 0 saturated heterocycles. The van der Waals surface area contributed by atoms with Crippen LogP contribution < -0.4 is 5.32 Å². The van der Waals surface area contributed by atoms with Crippen LogP contribution in [0, 0.1) is 6.92 Å². The van der Waals surface area contributed by atoms with E-state index < -0.39 is 0 Å². The zero-order valence-corrected chi connectivity index (χ0v) is 13.6. The van der Waals surface area contributed by atoms with E-state index in [2.05, 4.69) is 51.4 Å². The van der Waals surface area contributed by atoms with E-state index in [1.54, 1.807) is 11.3 Å². The number of nitrogens with zero attached hydrogens (tertiary/aromatic N) is 2. The predicted molar refractivity (Wildman–Crippen MR) is 81.5 cm³/mol. The van der Waals surface area contributed by atoms with Gasteiger partial charge in [0.2, 0.25) is 5.89 Å². The molecule has 2 aromatic rings. The van der Waals surface area contributed by atoms with Gasteiger partial charge in [0, 0.05) is 6.42 Å². The maximum Gasteiger partial charge on any atom is 0.257 e. The van der Waals surface area contributed by atoms with Crippen molar-refractivity contribution in [1.29, 1.82) is 0 Å². The van der Waals surface area contributed by atoms with Gasteiger partial charge in [-0.25, -0.2) is 0 Å². The van der Waals surface area contributed by atoms with Crippen molar-refractivity contribution >= 4 is 27.3 Å². The minimum Gasteiger partial charge on any atom is -0.420 e. The fourth-order valence-electron chi connectivity index (χ4n) is 1.69. The number of thiophene rings is 1. The third-order valence-corrected chi connectivity index (χ3v) is 4.83. The molecule has 0 aromatic carbocycles. The number of hydrogen-bond donors (Lipinski definition) is 1. The van der Waals surface area contributed by atoms with Crippen LogP contribution in [0.5, 0.6) is 0 Å². The average Bonchev–Trinajstić information content (AvgIpc) is 2.97. The molecule has 1 N–H and O–H groups in total. The fourth-order valence-corrected chi connectivity index (χ4v) is 3.14. The van der Waals surface area contributed by atoms with Crippen LogP contribution in [0.2, 0.25) is 0 Å². The second kappa shape index (κ2) is 7.17. The monoisotopic (exact) mass is 343 g/mol. The van der Waals surface area contributed by atoms with Gasteiger partial charge >= 0.3 is 0 Å². The van der Waals surface area contributed by atoms with Crippen molar-refractivity contribution in [1.82, 2.24) is 15.5 Å². The van der Waals surface area contributed by atoms with Gasteiger partial charge in [-0.2, -0.15) is 0 Å². The van der Waals surface area contributed by atoms with Crippen LogP contribution in [0.15, 0.2) is 14.3 Å². The van der Waals surface area contributed by atoms with Crippen molar-refractivity contribution in [2.24, 2.45) is 0 Å². The largest absolute Gasteiger partial charge is 0.420 e. The van der Waals surface area contributed by atoms with Crippen LogP contribution in [0.3, 0.4) is 0 Å².